The summed E-state index contributed by atoms with van der Waals surface area (Å²) in [6.07, 6.45) is 0. The summed E-state index contributed by atoms with van der Waals surface area (Å²) < 4.78 is 2.07. The van der Waals surface area contributed by atoms with Crippen LogP contribution in [-0.4, -0.2) is 19.6 Å². The van der Waals surface area contributed by atoms with Crippen LogP contribution in [-0.2, 0) is 5.41 Å². The van der Waals surface area contributed by atoms with E-state index in [-0.39, 0.29) is 5.41 Å². The fourth-order valence-corrected chi connectivity index (χ4v) is 5.53. The van der Waals surface area contributed by atoms with Gasteiger partial charge in [0.2, 0.25) is 0 Å². The predicted molar refractivity (Wildman–Crippen MR) is 142 cm³/mol. The molecule has 0 unspecified atom stereocenters. The number of aromatic nitrogens is 4. The molecule has 4 aromatic carbocycles. The Labute approximate surface area is 207 Å². The first-order valence-corrected chi connectivity index (χ1v) is 12.0. The molecule has 0 saturated heterocycles. The SMILES string of the molecule is CC1(C)c2ccccc2-c2ccc(-c3nc4ccccc4c4nnc(-c5ccc(Cl)cc5)n34)cc21. The highest BCUT2D eigenvalue weighted by Gasteiger charge is 2.35. The highest BCUT2D eigenvalue weighted by molar-refractivity contribution is 6.30. The Morgan fingerprint density at radius 1 is 0.686 bits per heavy atom. The molecule has 2 heterocycles. The summed E-state index contributed by atoms with van der Waals surface area (Å²) in [5, 5.41) is 10.9. The molecule has 0 saturated carbocycles. The van der Waals surface area contributed by atoms with Crippen LogP contribution in [0.2, 0.25) is 5.02 Å². The number of para-hydroxylation sites is 1. The van der Waals surface area contributed by atoms with E-state index in [9.17, 15) is 0 Å². The van der Waals surface area contributed by atoms with E-state index < -0.39 is 0 Å². The number of benzene rings is 4. The standard InChI is InChI=1S/C30H21ClN4/c1-30(2)24-9-5-3-7-21(24)22-16-13-19(17-25(22)30)27-32-26-10-6-4-8-23(26)29-34-33-28(35(27)29)18-11-14-20(31)15-12-18/h3-17H,1-2H3. The summed E-state index contributed by atoms with van der Waals surface area (Å²) in [6, 6.07) is 31.2. The van der Waals surface area contributed by atoms with Gasteiger partial charge in [-0.25, -0.2) is 4.98 Å². The van der Waals surface area contributed by atoms with Crippen molar-refractivity contribution in [2.45, 2.75) is 19.3 Å². The van der Waals surface area contributed by atoms with Gasteiger partial charge in [-0.2, -0.15) is 0 Å². The molecule has 0 bridgehead atoms. The van der Waals surface area contributed by atoms with Crippen LogP contribution in [0.3, 0.4) is 0 Å². The van der Waals surface area contributed by atoms with Gasteiger partial charge in [0.1, 0.15) is 5.82 Å². The van der Waals surface area contributed by atoms with Crippen LogP contribution in [0.4, 0.5) is 0 Å². The minimum atomic E-state index is -0.0932. The van der Waals surface area contributed by atoms with E-state index >= 15 is 0 Å². The highest BCUT2D eigenvalue weighted by Crippen LogP contribution is 2.49. The van der Waals surface area contributed by atoms with Crippen LogP contribution in [0.15, 0.2) is 91.0 Å². The van der Waals surface area contributed by atoms with Crippen LogP contribution >= 0.6 is 11.6 Å². The van der Waals surface area contributed by atoms with Crippen molar-refractivity contribution < 1.29 is 0 Å². The lowest BCUT2D eigenvalue weighted by Crippen LogP contribution is -2.15. The molecule has 168 valence electrons. The van der Waals surface area contributed by atoms with Crippen molar-refractivity contribution in [1.29, 1.82) is 0 Å². The van der Waals surface area contributed by atoms with Crippen molar-refractivity contribution in [2.75, 3.05) is 0 Å². The zero-order chi connectivity index (χ0) is 23.7. The molecule has 0 radical (unpaired) electrons. The molecule has 1 aliphatic rings. The van der Waals surface area contributed by atoms with Gasteiger partial charge >= 0.3 is 0 Å². The molecule has 1 aliphatic carbocycles. The molecule has 5 heteroatoms. The largest absolute Gasteiger partial charge is 0.258 e. The lowest BCUT2D eigenvalue weighted by Gasteiger charge is -2.22. The number of hydrogen-bond donors (Lipinski definition) is 0. The van der Waals surface area contributed by atoms with Gasteiger partial charge in [-0.05, 0) is 64.7 Å². The number of fused-ring (bicyclic) bond motifs is 6. The quantitative estimate of drug-likeness (QED) is 0.261. The third-order valence-electron chi connectivity index (χ3n) is 7.19. The topological polar surface area (TPSA) is 43.1 Å². The van der Waals surface area contributed by atoms with Gasteiger partial charge in [-0.1, -0.05) is 74.0 Å². The van der Waals surface area contributed by atoms with Crippen molar-refractivity contribution >= 4 is 28.2 Å². The third kappa shape index (κ3) is 2.90. The van der Waals surface area contributed by atoms with E-state index in [0.717, 1.165) is 39.3 Å². The minimum Gasteiger partial charge on any atom is -0.258 e. The molecule has 7 rings (SSSR count). The lowest BCUT2D eigenvalue weighted by molar-refractivity contribution is 0.660. The van der Waals surface area contributed by atoms with Gasteiger partial charge in [0.05, 0.1) is 5.52 Å². The van der Waals surface area contributed by atoms with Crippen molar-refractivity contribution in [3.63, 3.8) is 0 Å². The van der Waals surface area contributed by atoms with E-state index in [1.165, 1.54) is 22.3 Å². The van der Waals surface area contributed by atoms with Gasteiger partial charge in [0, 0.05) is 27.0 Å². The summed E-state index contributed by atoms with van der Waals surface area (Å²) in [4.78, 5) is 5.13. The molecular formula is C30H21ClN4. The lowest BCUT2D eigenvalue weighted by atomic mass is 9.82. The second kappa shape index (κ2) is 7.24. The number of halogens is 1. The van der Waals surface area contributed by atoms with Crippen molar-refractivity contribution in [1.82, 2.24) is 19.6 Å². The van der Waals surface area contributed by atoms with E-state index in [0.29, 0.717) is 5.02 Å². The normalized spacial score (nSPS) is 13.8. The smallest absolute Gasteiger partial charge is 0.172 e. The maximum Gasteiger partial charge on any atom is 0.172 e. The molecule has 6 aromatic rings. The van der Waals surface area contributed by atoms with Gasteiger partial charge in [0.25, 0.3) is 0 Å². The molecule has 35 heavy (non-hydrogen) atoms. The van der Waals surface area contributed by atoms with Crippen molar-refractivity contribution in [2.24, 2.45) is 0 Å². The van der Waals surface area contributed by atoms with Crippen LogP contribution in [0.25, 0.3) is 50.5 Å². The summed E-state index contributed by atoms with van der Waals surface area (Å²) in [7, 11) is 0. The van der Waals surface area contributed by atoms with Crippen molar-refractivity contribution in [3.8, 4) is 33.9 Å². The molecule has 0 amide bonds. The zero-order valence-corrected chi connectivity index (χ0v) is 20.1. The summed E-state index contributed by atoms with van der Waals surface area (Å²) >= 11 is 6.16. The molecule has 0 N–H and O–H groups in total. The number of nitrogens with zero attached hydrogens (tertiary/aromatic N) is 4. The van der Waals surface area contributed by atoms with Crippen LogP contribution in [0, 0.1) is 0 Å². The van der Waals surface area contributed by atoms with Gasteiger partial charge in [0.15, 0.2) is 11.5 Å². The Morgan fingerprint density at radius 2 is 1.40 bits per heavy atom. The van der Waals surface area contributed by atoms with Crippen LogP contribution in [0.5, 0.6) is 0 Å². The number of rotatable bonds is 2. The average molecular weight is 473 g/mol. The second-order valence-corrected chi connectivity index (χ2v) is 10.0. The zero-order valence-electron chi connectivity index (χ0n) is 19.3. The molecule has 0 atom stereocenters. The van der Waals surface area contributed by atoms with Gasteiger partial charge < -0.3 is 0 Å². The van der Waals surface area contributed by atoms with E-state index in [4.69, 9.17) is 16.6 Å². The Bertz CT molecular complexity index is 1780. The molecule has 0 aliphatic heterocycles. The average Bonchev–Trinajstić information content (AvgIpc) is 3.42. The van der Waals surface area contributed by atoms with Gasteiger partial charge in [-0.15, -0.1) is 10.2 Å². The van der Waals surface area contributed by atoms with Crippen molar-refractivity contribution in [3.05, 3.63) is 107 Å². The Hall–Kier alpha value is -4.02. The first-order chi connectivity index (χ1) is 17.0. The molecule has 0 fully saturated rings. The molecule has 4 nitrogen and oxygen atoms in total. The van der Waals surface area contributed by atoms with Gasteiger partial charge in [-0.3, -0.25) is 4.40 Å². The van der Waals surface area contributed by atoms with Crippen LogP contribution < -0.4 is 0 Å². The Morgan fingerprint density at radius 3 is 2.26 bits per heavy atom. The molecule has 2 aromatic heterocycles. The Balaban J connectivity index is 1.53. The third-order valence-corrected chi connectivity index (χ3v) is 7.44. The first-order valence-electron chi connectivity index (χ1n) is 11.7. The summed E-state index contributed by atoms with van der Waals surface area (Å²) in [6.45, 7) is 4.59. The monoisotopic (exact) mass is 472 g/mol. The molecular weight excluding hydrogens is 452 g/mol. The fraction of sp³-hybridized carbons (Fsp3) is 0.100. The summed E-state index contributed by atoms with van der Waals surface area (Å²) in [5.74, 6) is 1.57. The number of hydrogen-bond acceptors (Lipinski definition) is 3. The summed E-state index contributed by atoms with van der Waals surface area (Å²) in [5.41, 5.74) is 8.82. The minimum absolute atomic E-state index is 0.0932. The first kappa shape index (κ1) is 20.4. The maximum absolute atomic E-state index is 6.16. The fourth-order valence-electron chi connectivity index (χ4n) is 5.41. The second-order valence-electron chi connectivity index (χ2n) is 9.57. The van der Waals surface area contributed by atoms with E-state index in [1.54, 1.807) is 0 Å². The van der Waals surface area contributed by atoms with Crippen LogP contribution in [0.1, 0.15) is 25.0 Å². The van der Waals surface area contributed by atoms with E-state index in [2.05, 4.69) is 70.9 Å². The maximum atomic E-state index is 6.16. The molecule has 0 spiro atoms. The van der Waals surface area contributed by atoms with E-state index in [1.807, 2.05) is 48.5 Å². The Kier molecular flexibility index (Phi) is 4.21. The predicted octanol–water partition coefficient (Wildman–Crippen LogP) is 7.57. The highest BCUT2D eigenvalue weighted by atomic mass is 35.5.